The summed E-state index contributed by atoms with van der Waals surface area (Å²) in [5.41, 5.74) is 5.40. The molecule has 0 aliphatic heterocycles. The molecule has 0 radical (unpaired) electrons. The molecule has 4 aromatic rings. The van der Waals surface area contributed by atoms with Crippen LogP contribution < -0.4 is 0 Å². The lowest BCUT2D eigenvalue weighted by atomic mass is 10.1. The quantitative estimate of drug-likeness (QED) is 0.556. The Morgan fingerprint density at radius 3 is 2.55 bits per heavy atom. The molecule has 0 amide bonds. The third kappa shape index (κ3) is 1.72. The monoisotopic (exact) mass is 259 g/mol. The smallest absolute Gasteiger partial charge is 0.0927 e. The van der Waals surface area contributed by atoms with Crippen molar-refractivity contribution in [1.82, 2.24) is 15.2 Å². The number of nitrogens with one attached hydrogen (secondary N) is 2. The number of hydrogen-bond donors (Lipinski definition) is 2. The topological polar surface area (TPSA) is 44.5 Å². The summed E-state index contributed by atoms with van der Waals surface area (Å²) < 4.78 is 0. The summed E-state index contributed by atoms with van der Waals surface area (Å²) >= 11 is 0. The van der Waals surface area contributed by atoms with E-state index in [9.17, 15) is 0 Å². The van der Waals surface area contributed by atoms with Gasteiger partial charge in [0.2, 0.25) is 0 Å². The molecule has 0 unspecified atom stereocenters. The summed E-state index contributed by atoms with van der Waals surface area (Å²) in [6, 6.07) is 20.5. The molecule has 3 heteroatoms. The highest BCUT2D eigenvalue weighted by Gasteiger charge is 2.09. The molecular formula is C17H13N3. The van der Waals surface area contributed by atoms with Crippen molar-refractivity contribution >= 4 is 10.9 Å². The fourth-order valence-electron chi connectivity index (χ4n) is 2.51. The molecule has 2 aromatic heterocycles. The number of aromatic nitrogens is 3. The van der Waals surface area contributed by atoms with Crippen LogP contribution in [0.5, 0.6) is 0 Å². The largest absolute Gasteiger partial charge is 0.360 e. The van der Waals surface area contributed by atoms with Gasteiger partial charge in [0.1, 0.15) is 0 Å². The van der Waals surface area contributed by atoms with Gasteiger partial charge in [0.25, 0.3) is 0 Å². The van der Waals surface area contributed by atoms with Gasteiger partial charge in [0.15, 0.2) is 0 Å². The first kappa shape index (κ1) is 11.1. The fourth-order valence-corrected chi connectivity index (χ4v) is 2.51. The summed E-state index contributed by atoms with van der Waals surface area (Å²) in [7, 11) is 0. The van der Waals surface area contributed by atoms with Crippen molar-refractivity contribution in [3.63, 3.8) is 0 Å². The molecule has 0 spiro atoms. The molecule has 2 aromatic carbocycles. The molecule has 0 bridgehead atoms. The van der Waals surface area contributed by atoms with Gasteiger partial charge in [-0.25, -0.2) is 0 Å². The van der Waals surface area contributed by atoms with Gasteiger partial charge in [-0.1, -0.05) is 48.5 Å². The van der Waals surface area contributed by atoms with Gasteiger partial charge in [0.05, 0.1) is 11.4 Å². The zero-order valence-electron chi connectivity index (χ0n) is 10.8. The second kappa shape index (κ2) is 4.38. The van der Waals surface area contributed by atoms with Gasteiger partial charge in [-0.2, -0.15) is 5.10 Å². The van der Waals surface area contributed by atoms with Crippen LogP contribution in [0.4, 0.5) is 0 Å². The lowest BCUT2D eigenvalue weighted by molar-refractivity contribution is 1.10. The van der Waals surface area contributed by atoms with Crippen molar-refractivity contribution in [1.29, 1.82) is 0 Å². The summed E-state index contributed by atoms with van der Waals surface area (Å²) in [5, 5.41) is 8.74. The van der Waals surface area contributed by atoms with Crippen LogP contribution >= 0.6 is 0 Å². The predicted octanol–water partition coefficient (Wildman–Crippen LogP) is 4.23. The molecule has 0 aliphatic carbocycles. The van der Waals surface area contributed by atoms with Crippen molar-refractivity contribution in [3.8, 4) is 22.5 Å². The molecule has 0 saturated carbocycles. The van der Waals surface area contributed by atoms with E-state index in [1.807, 2.05) is 36.5 Å². The lowest BCUT2D eigenvalue weighted by Gasteiger charge is -1.94. The third-order valence-electron chi connectivity index (χ3n) is 3.53. The van der Waals surface area contributed by atoms with Gasteiger partial charge < -0.3 is 4.98 Å². The number of rotatable bonds is 2. The van der Waals surface area contributed by atoms with Gasteiger partial charge in [-0.15, -0.1) is 0 Å². The van der Waals surface area contributed by atoms with Crippen molar-refractivity contribution < 1.29 is 0 Å². The maximum absolute atomic E-state index is 4.41. The average Bonchev–Trinajstić information content (AvgIpc) is 3.14. The minimum Gasteiger partial charge on any atom is -0.360 e. The van der Waals surface area contributed by atoms with E-state index in [1.165, 1.54) is 5.39 Å². The van der Waals surface area contributed by atoms with E-state index in [2.05, 4.69) is 45.5 Å². The SMILES string of the molecule is c1ccc(-c2cc(-c3c[nH]c4ccccc34)[nH]n2)cc1. The Kier molecular flexibility index (Phi) is 2.42. The van der Waals surface area contributed by atoms with Crippen molar-refractivity contribution in [2.75, 3.05) is 0 Å². The van der Waals surface area contributed by atoms with E-state index in [4.69, 9.17) is 0 Å². The number of H-pyrrole nitrogens is 2. The summed E-state index contributed by atoms with van der Waals surface area (Å²) in [6.07, 6.45) is 2.02. The minimum absolute atomic E-state index is 0.964. The van der Waals surface area contributed by atoms with Crippen molar-refractivity contribution in [2.45, 2.75) is 0 Å². The third-order valence-corrected chi connectivity index (χ3v) is 3.53. The van der Waals surface area contributed by atoms with E-state index < -0.39 is 0 Å². The number of fused-ring (bicyclic) bond motifs is 1. The number of hydrogen-bond acceptors (Lipinski definition) is 1. The van der Waals surface area contributed by atoms with E-state index in [1.54, 1.807) is 0 Å². The molecule has 3 nitrogen and oxygen atoms in total. The maximum Gasteiger partial charge on any atom is 0.0927 e. The second-order valence-electron chi connectivity index (χ2n) is 4.78. The Labute approximate surface area is 116 Å². The Morgan fingerprint density at radius 2 is 1.65 bits per heavy atom. The standard InChI is InChI=1S/C17H13N3/c1-2-6-12(7-3-1)16-10-17(20-19-16)14-11-18-15-9-5-4-8-13(14)15/h1-11,18H,(H,19,20). The molecule has 0 fully saturated rings. The Balaban J connectivity index is 1.82. The van der Waals surface area contributed by atoms with Gasteiger partial charge >= 0.3 is 0 Å². The van der Waals surface area contributed by atoms with Crippen LogP contribution in [0, 0.1) is 0 Å². The summed E-state index contributed by atoms with van der Waals surface area (Å²) in [4.78, 5) is 3.29. The van der Waals surface area contributed by atoms with Crippen molar-refractivity contribution in [3.05, 3.63) is 66.9 Å². The second-order valence-corrected chi connectivity index (χ2v) is 4.78. The highest BCUT2D eigenvalue weighted by molar-refractivity contribution is 5.94. The van der Waals surface area contributed by atoms with Crippen molar-refractivity contribution in [2.24, 2.45) is 0 Å². The number of para-hydroxylation sites is 1. The van der Waals surface area contributed by atoms with Gasteiger partial charge in [0, 0.05) is 28.2 Å². The van der Waals surface area contributed by atoms with E-state index in [0.717, 1.165) is 28.0 Å². The Bertz CT molecular complexity index is 856. The van der Waals surface area contributed by atoms with Gasteiger partial charge in [-0.05, 0) is 12.1 Å². The highest BCUT2D eigenvalue weighted by atomic mass is 15.1. The van der Waals surface area contributed by atoms with Gasteiger partial charge in [-0.3, -0.25) is 5.10 Å². The molecule has 0 saturated heterocycles. The minimum atomic E-state index is 0.964. The van der Waals surface area contributed by atoms with E-state index in [0.29, 0.717) is 0 Å². The molecule has 20 heavy (non-hydrogen) atoms. The summed E-state index contributed by atoms with van der Waals surface area (Å²) in [5.74, 6) is 0. The number of benzene rings is 2. The van der Waals surface area contributed by atoms with Crippen LogP contribution in [-0.4, -0.2) is 15.2 Å². The molecule has 4 rings (SSSR count). The Morgan fingerprint density at radius 1 is 0.850 bits per heavy atom. The van der Waals surface area contributed by atoms with Crippen LogP contribution in [0.1, 0.15) is 0 Å². The van der Waals surface area contributed by atoms with Crippen LogP contribution in [-0.2, 0) is 0 Å². The number of nitrogens with zero attached hydrogens (tertiary/aromatic N) is 1. The zero-order chi connectivity index (χ0) is 13.4. The first-order valence-electron chi connectivity index (χ1n) is 6.59. The first-order chi connectivity index (χ1) is 9.92. The molecule has 0 aliphatic rings. The molecular weight excluding hydrogens is 246 g/mol. The zero-order valence-corrected chi connectivity index (χ0v) is 10.8. The predicted molar refractivity (Wildman–Crippen MR) is 81.3 cm³/mol. The maximum atomic E-state index is 4.41. The van der Waals surface area contributed by atoms with Crippen LogP contribution in [0.25, 0.3) is 33.4 Å². The Hall–Kier alpha value is -2.81. The number of aromatic amines is 2. The first-order valence-corrected chi connectivity index (χ1v) is 6.59. The van der Waals surface area contributed by atoms with E-state index in [-0.39, 0.29) is 0 Å². The lowest BCUT2D eigenvalue weighted by Crippen LogP contribution is -1.75. The van der Waals surface area contributed by atoms with E-state index >= 15 is 0 Å². The van der Waals surface area contributed by atoms with Crippen LogP contribution in [0.2, 0.25) is 0 Å². The highest BCUT2D eigenvalue weighted by Crippen LogP contribution is 2.29. The summed E-state index contributed by atoms with van der Waals surface area (Å²) in [6.45, 7) is 0. The van der Waals surface area contributed by atoms with Crippen LogP contribution in [0.3, 0.4) is 0 Å². The van der Waals surface area contributed by atoms with Crippen LogP contribution in [0.15, 0.2) is 66.9 Å². The molecule has 2 N–H and O–H groups in total. The molecule has 2 heterocycles. The average molecular weight is 259 g/mol. The fraction of sp³-hybridized carbons (Fsp3) is 0. The normalized spacial score (nSPS) is 11.0. The molecule has 96 valence electrons. The molecule has 0 atom stereocenters.